The molecule has 0 saturated carbocycles. The first-order valence-corrected chi connectivity index (χ1v) is 8.17. The minimum Gasteiger partial charge on any atom is -0.206 e. The summed E-state index contributed by atoms with van der Waals surface area (Å²) in [5, 5.41) is 9.23. The molecule has 0 saturated heterocycles. The maximum Gasteiger partial charge on any atom is 0.147 e. The van der Waals surface area contributed by atoms with Crippen molar-refractivity contribution in [1.82, 2.24) is 10.2 Å². The van der Waals surface area contributed by atoms with Gasteiger partial charge in [0.2, 0.25) is 0 Å². The molecule has 0 radical (unpaired) electrons. The van der Waals surface area contributed by atoms with Gasteiger partial charge >= 0.3 is 0 Å². The lowest BCUT2D eigenvalue weighted by molar-refractivity contribution is 0.621. The second-order valence-corrected chi connectivity index (χ2v) is 6.65. The Balaban J connectivity index is 1.91. The average Bonchev–Trinajstić information content (AvgIpc) is 3.00. The quantitative estimate of drug-likeness (QED) is 0.563. The molecule has 2 nitrogen and oxygen atoms in total. The molecule has 6 heteroatoms. The summed E-state index contributed by atoms with van der Waals surface area (Å²) < 4.78 is 14.0. The number of alkyl halides is 1. The highest BCUT2D eigenvalue weighted by atomic mass is 79.9. The first kappa shape index (κ1) is 14.6. The first-order chi connectivity index (χ1) is 10.1. The maximum atomic E-state index is 13.6. The molecule has 21 heavy (non-hydrogen) atoms. The summed E-state index contributed by atoms with van der Waals surface area (Å²) in [7, 11) is 0. The highest BCUT2D eigenvalue weighted by Gasteiger charge is 2.17. The van der Waals surface area contributed by atoms with E-state index in [1.807, 2.05) is 30.3 Å². The molecular formula is C15H9BrClFN2S. The number of aromatic nitrogens is 2. The highest BCUT2D eigenvalue weighted by Crippen LogP contribution is 2.34. The van der Waals surface area contributed by atoms with Crippen molar-refractivity contribution in [3.63, 3.8) is 0 Å². The van der Waals surface area contributed by atoms with Crippen LogP contribution >= 0.6 is 38.9 Å². The smallest absolute Gasteiger partial charge is 0.147 e. The summed E-state index contributed by atoms with van der Waals surface area (Å²) in [5.41, 5.74) is 1.65. The molecule has 0 amide bonds. The molecule has 3 rings (SSSR count). The van der Waals surface area contributed by atoms with Gasteiger partial charge in [0.1, 0.15) is 21.2 Å². The molecule has 0 bridgehead atoms. The van der Waals surface area contributed by atoms with Gasteiger partial charge in [0.15, 0.2) is 0 Å². The van der Waals surface area contributed by atoms with E-state index in [-0.39, 0.29) is 11.2 Å². The topological polar surface area (TPSA) is 25.8 Å². The highest BCUT2D eigenvalue weighted by molar-refractivity contribution is 9.10. The minimum atomic E-state index is -0.349. The second kappa shape index (κ2) is 6.22. The van der Waals surface area contributed by atoms with Crippen molar-refractivity contribution < 1.29 is 4.39 Å². The standard InChI is InChI=1S/C15H9BrClFN2S/c16-11-7-6-10(8-12(11)18)14-19-20-15(21-14)13(17)9-4-2-1-3-5-9/h1-8,13H. The number of hydrogen-bond donors (Lipinski definition) is 0. The van der Waals surface area contributed by atoms with Crippen molar-refractivity contribution in [2.45, 2.75) is 5.38 Å². The number of rotatable bonds is 3. The fourth-order valence-corrected chi connectivity index (χ4v) is 3.26. The summed E-state index contributed by atoms with van der Waals surface area (Å²) in [5.74, 6) is -0.324. The van der Waals surface area contributed by atoms with E-state index in [1.54, 1.807) is 12.1 Å². The zero-order valence-corrected chi connectivity index (χ0v) is 13.8. The molecule has 0 N–H and O–H groups in total. The number of hydrogen-bond acceptors (Lipinski definition) is 3. The van der Waals surface area contributed by atoms with Crippen molar-refractivity contribution in [1.29, 1.82) is 0 Å². The van der Waals surface area contributed by atoms with E-state index in [1.165, 1.54) is 17.4 Å². The maximum absolute atomic E-state index is 13.6. The van der Waals surface area contributed by atoms with Crippen molar-refractivity contribution in [2.75, 3.05) is 0 Å². The van der Waals surface area contributed by atoms with Gasteiger partial charge in [-0.15, -0.1) is 21.8 Å². The average molecular weight is 384 g/mol. The van der Waals surface area contributed by atoms with Crippen LogP contribution in [0.25, 0.3) is 10.6 Å². The van der Waals surface area contributed by atoms with Crippen LogP contribution in [0.5, 0.6) is 0 Å². The Labute approximate surface area is 138 Å². The summed E-state index contributed by atoms with van der Waals surface area (Å²) in [6, 6.07) is 14.6. The molecule has 0 fully saturated rings. The fourth-order valence-electron chi connectivity index (χ4n) is 1.85. The molecule has 0 aliphatic rings. The van der Waals surface area contributed by atoms with Gasteiger partial charge in [0.05, 0.1) is 4.47 Å². The monoisotopic (exact) mass is 382 g/mol. The fraction of sp³-hybridized carbons (Fsp3) is 0.0667. The van der Waals surface area contributed by atoms with Crippen molar-refractivity contribution in [3.8, 4) is 10.6 Å². The third kappa shape index (κ3) is 3.15. The molecule has 1 unspecified atom stereocenters. The number of nitrogens with zero attached hydrogens (tertiary/aromatic N) is 2. The van der Waals surface area contributed by atoms with Crippen LogP contribution in [0.3, 0.4) is 0 Å². The summed E-state index contributed by atoms with van der Waals surface area (Å²) in [6.07, 6.45) is 0. The van der Waals surface area contributed by atoms with Crippen molar-refractivity contribution >= 4 is 38.9 Å². The van der Waals surface area contributed by atoms with Crippen LogP contribution in [0.15, 0.2) is 53.0 Å². The zero-order chi connectivity index (χ0) is 14.8. The second-order valence-electron chi connectivity index (χ2n) is 4.35. The summed E-state index contributed by atoms with van der Waals surface area (Å²) in [4.78, 5) is 0. The molecule has 1 heterocycles. The Bertz CT molecular complexity index is 763. The molecule has 1 aromatic heterocycles. The molecule has 0 spiro atoms. The molecule has 3 aromatic rings. The van der Waals surface area contributed by atoms with E-state index in [2.05, 4.69) is 26.1 Å². The van der Waals surface area contributed by atoms with E-state index < -0.39 is 0 Å². The van der Waals surface area contributed by atoms with Crippen LogP contribution in [0.2, 0.25) is 0 Å². The molecule has 0 aliphatic heterocycles. The van der Waals surface area contributed by atoms with E-state index in [4.69, 9.17) is 11.6 Å². The van der Waals surface area contributed by atoms with Crippen LogP contribution < -0.4 is 0 Å². The third-order valence-corrected chi connectivity index (χ3v) is 5.18. The van der Waals surface area contributed by atoms with Gasteiger partial charge in [0, 0.05) is 5.56 Å². The molecule has 2 aromatic carbocycles. The number of benzene rings is 2. The van der Waals surface area contributed by atoms with Gasteiger partial charge in [-0.2, -0.15) is 0 Å². The summed E-state index contributed by atoms with van der Waals surface area (Å²) in [6.45, 7) is 0. The van der Waals surface area contributed by atoms with Gasteiger partial charge in [-0.1, -0.05) is 47.7 Å². The lowest BCUT2D eigenvalue weighted by Crippen LogP contribution is -1.91. The lowest BCUT2D eigenvalue weighted by atomic mass is 10.1. The minimum absolute atomic E-state index is 0.324. The molecular weight excluding hydrogens is 375 g/mol. The predicted octanol–water partition coefficient (Wildman–Crippen LogP) is 5.43. The van der Waals surface area contributed by atoms with Gasteiger partial charge in [-0.25, -0.2) is 4.39 Å². The van der Waals surface area contributed by atoms with Crippen LogP contribution in [0.4, 0.5) is 4.39 Å². The van der Waals surface area contributed by atoms with E-state index >= 15 is 0 Å². The Hall–Kier alpha value is -1.30. The Morgan fingerprint density at radius 1 is 1.10 bits per heavy atom. The molecule has 0 aliphatic carbocycles. The van der Waals surface area contributed by atoms with Gasteiger partial charge in [-0.05, 0) is 33.6 Å². The van der Waals surface area contributed by atoms with Crippen molar-refractivity contribution in [2.24, 2.45) is 0 Å². The Morgan fingerprint density at radius 3 is 2.57 bits per heavy atom. The Morgan fingerprint density at radius 2 is 1.86 bits per heavy atom. The molecule has 1 atom stereocenters. The zero-order valence-electron chi connectivity index (χ0n) is 10.6. The normalized spacial score (nSPS) is 12.3. The van der Waals surface area contributed by atoms with Crippen LogP contribution in [-0.4, -0.2) is 10.2 Å². The first-order valence-electron chi connectivity index (χ1n) is 6.13. The predicted molar refractivity (Wildman–Crippen MR) is 87.1 cm³/mol. The van der Waals surface area contributed by atoms with Gasteiger partial charge in [0.25, 0.3) is 0 Å². The SMILES string of the molecule is Fc1cc(-c2nnc(C(Cl)c3ccccc3)s2)ccc1Br. The largest absolute Gasteiger partial charge is 0.206 e. The third-order valence-electron chi connectivity index (χ3n) is 2.92. The number of halogens is 3. The van der Waals surface area contributed by atoms with Crippen LogP contribution in [0.1, 0.15) is 15.9 Å². The Kier molecular flexibility index (Phi) is 4.33. The van der Waals surface area contributed by atoms with Gasteiger partial charge < -0.3 is 0 Å². The van der Waals surface area contributed by atoms with E-state index in [9.17, 15) is 4.39 Å². The summed E-state index contributed by atoms with van der Waals surface area (Å²) >= 11 is 10.9. The van der Waals surface area contributed by atoms with Gasteiger partial charge in [-0.3, -0.25) is 0 Å². The lowest BCUT2D eigenvalue weighted by Gasteiger charge is -2.04. The molecule has 106 valence electrons. The van der Waals surface area contributed by atoms with Crippen LogP contribution in [-0.2, 0) is 0 Å². The van der Waals surface area contributed by atoms with Crippen molar-refractivity contribution in [3.05, 3.63) is 69.4 Å². The van der Waals surface area contributed by atoms with Crippen LogP contribution in [0, 0.1) is 5.82 Å². The van der Waals surface area contributed by atoms with E-state index in [0.717, 1.165) is 5.56 Å². The van der Waals surface area contributed by atoms with E-state index in [0.29, 0.717) is 20.1 Å².